The largest absolute Gasteiger partial charge is 0.462 e. The molecule has 6 nitrogen and oxygen atoms in total. The first-order valence-electron chi connectivity index (χ1n) is 10.2. The first-order valence-corrected chi connectivity index (χ1v) is 11.0. The monoisotopic (exact) mass is 407 g/mol. The molecule has 0 saturated heterocycles. The van der Waals surface area contributed by atoms with Gasteiger partial charge in [0.1, 0.15) is 5.00 Å². The van der Waals surface area contributed by atoms with Crippen molar-refractivity contribution in [3.05, 3.63) is 16.0 Å². The number of carbonyl (C=O) groups excluding carboxylic acids is 3. The predicted octanol–water partition coefficient (Wildman–Crippen LogP) is 4.10. The molecular weight excluding hydrogens is 378 g/mol. The summed E-state index contributed by atoms with van der Waals surface area (Å²) >= 11 is 1.34. The van der Waals surface area contributed by atoms with E-state index in [1.54, 1.807) is 6.92 Å². The van der Waals surface area contributed by atoms with E-state index in [0.29, 0.717) is 35.2 Å². The summed E-state index contributed by atoms with van der Waals surface area (Å²) in [6.07, 6.45) is 5.94. The van der Waals surface area contributed by atoms with E-state index in [1.165, 1.54) is 30.6 Å². The van der Waals surface area contributed by atoms with E-state index in [2.05, 4.69) is 5.32 Å². The number of anilines is 1. The number of rotatable bonds is 8. The molecule has 0 aromatic carbocycles. The van der Waals surface area contributed by atoms with Crippen molar-refractivity contribution in [1.29, 1.82) is 0 Å². The van der Waals surface area contributed by atoms with Crippen LogP contribution in [0.2, 0.25) is 0 Å². The van der Waals surface area contributed by atoms with Crippen LogP contribution in [0.1, 0.15) is 66.8 Å². The van der Waals surface area contributed by atoms with Gasteiger partial charge in [0.25, 0.3) is 5.91 Å². The van der Waals surface area contributed by atoms with Gasteiger partial charge in [-0.15, -0.1) is 11.3 Å². The van der Waals surface area contributed by atoms with Crippen LogP contribution in [-0.2, 0) is 25.5 Å². The quantitative estimate of drug-likeness (QED) is 0.656. The molecule has 3 rings (SSSR count). The minimum absolute atomic E-state index is 0.269. The first kappa shape index (κ1) is 20.8. The number of fused-ring (bicyclic) bond motifs is 2. The number of carbonyl (C=O) groups is 3. The molecule has 1 aromatic rings. The Morgan fingerprint density at radius 2 is 1.93 bits per heavy atom. The van der Waals surface area contributed by atoms with Gasteiger partial charge in [-0.05, 0) is 62.8 Å². The molecule has 28 heavy (non-hydrogen) atoms. The zero-order chi connectivity index (χ0) is 20.3. The molecule has 0 spiro atoms. The maximum Gasteiger partial charge on any atom is 0.341 e. The summed E-state index contributed by atoms with van der Waals surface area (Å²) in [6, 6.07) is 0. The van der Waals surface area contributed by atoms with Gasteiger partial charge >= 0.3 is 11.9 Å². The Morgan fingerprint density at radius 3 is 2.54 bits per heavy atom. The van der Waals surface area contributed by atoms with Crippen molar-refractivity contribution >= 4 is 34.2 Å². The standard InChI is InChI=1S/C21H29NO5S/c1-4-16-12(3)28-20(19(16)21(25)26-5-2)22-17(23)11-27-18(24)10-15-9-13-6-7-14(15)8-13/h13-15H,4-11H2,1-3H3,(H,22,23)/t13-,14-,15-/m1/s1. The first-order chi connectivity index (χ1) is 13.4. The number of thiophene rings is 1. The van der Waals surface area contributed by atoms with E-state index in [9.17, 15) is 14.4 Å². The molecule has 2 fully saturated rings. The second-order valence-corrected chi connectivity index (χ2v) is 8.99. The number of nitrogens with one attached hydrogen (secondary N) is 1. The molecule has 2 bridgehead atoms. The Labute approximate surface area is 170 Å². The lowest BCUT2D eigenvalue weighted by Gasteiger charge is -2.20. The molecule has 0 aliphatic heterocycles. The fourth-order valence-corrected chi connectivity index (χ4v) is 5.87. The lowest BCUT2D eigenvalue weighted by atomic mass is 9.86. The third-order valence-electron chi connectivity index (χ3n) is 5.97. The third kappa shape index (κ3) is 4.57. The van der Waals surface area contributed by atoms with Gasteiger partial charge < -0.3 is 14.8 Å². The van der Waals surface area contributed by atoms with Gasteiger partial charge in [-0.25, -0.2) is 4.79 Å². The van der Waals surface area contributed by atoms with Gasteiger partial charge in [-0.3, -0.25) is 9.59 Å². The van der Waals surface area contributed by atoms with Crippen LogP contribution in [0.3, 0.4) is 0 Å². The van der Waals surface area contributed by atoms with Crippen molar-refractivity contribution < 1.29 is 23.9 Å². The van der Waals surface area contributed by atoms with Crippen molar-refractivity contribution in [1.82, 2.24) is 0 Å². The van der Waals surface area contributed by atoms with Crippen LogP contribution in [-0.4, -0.2) is 31.1 Å². The Bertz CT molecular complexity index is 756. The second kappa shape index (κ2) is 9.07. The van der Waals surface area contributed by atoms with E-state index in [-0.39, 0.29) is 19.2 Å². The Balaban J connectivity index is 1.54. The van der Waals surface area contributed by atoms with Crippen LogP contribution in [0.4, 0.5) is 5.00 Å². The topological polar surface area (TPSA) is 81.7 Å². The zero-order valence-corrected chi connectivity index (χ0v) is 17.7. The fourth-order valence-electron chi connectivity index (χ4n) is 4.72. The number of amides is 1. The number of hydrogen-bond acceptors (Lipinski definition) is 6. The van der Waals surface area contributed by atoms with Crippen LogP contribution in [0, 0.1) is 24.7 Å². The maximum absolute atomic E-state index is 12.3. The highest BCUT2D eigenvalue weighted by Crippen LogP contribution is 2.49. The van der Waals surface area contributed by atoms with Crippen LogP contribution >= 0.6 is 11.3 Å². The fraction of sp³-hybridized carbons (Fsp3) is 0.667. The second-order valence-electron chi connectivity index (χ2n) is 7.76. The van der Waals surface area contributed by atoms with E-state index >= 15 is 0 Å². The molecule has 7 heteroatoms. The lowest BCUT2D eigenvalue weighted by molar-refractivity contribution is -0.148. The molecule has 1 N–H and O–H groups in total. The van der Waals surface area contributed by atoms with Crippen molar-refractivity contribution in [2.24, 2.45) is 17.8 Å². The van der Waals surface area contributed by atoms with Crippen molar-refractivity contribution in [2.75, 3.05) is 18.5 Å². The predicted molar refractivity (Wildman–Crippen MR) is 108 cm³/mol. The van der Waals surface area contributed by atoms with E-state index < -0.39 is 11.9 Å². The summed E-state index contributed by atoms with van der Waals surface area (Å²) in [4.78, 5) is 37.7. The van der Waals surface area contributed by atoms with E-state index in [4.69, 9.17) is 9.47 Å². The van der Waals surface area contributed by atoms with Gasteiger partial charge in [0.2, 0.25) is 0 Å². The molecule has 0 unspecified atom stereocenters. The molecule has 1 heterocycles. The minimum atomic E-state index is -0.438. The molecule has 2 saturated carbocycles. The van der Waals surface area contributed by atoms with Gasteiger partial charge in [-0.1, -0.05) is 13.3 Å². The summed E-state index contributed by atoms with van der Waals surface area (Å²) in [5.74, 6) is 0.664. The van der Waals surface area contributed by atoms with Gasteiger partial charge in [0.05, 0.1) is 12.2 Å². The highest BCUT2D eigenvalue weighted by Gasteiger charge is 2.40. The summed E-state index contributed by atoms with van der Waals surface area (Å²) in [6.45, 7) is 5.56. The Morgan fingerprint density at radius 1 is 1.14 bits per heavy atom. The number of esters is 2. The Hall–Kier alpha value is -1.89. The van der Waals surface area contributed by atoms with Crippen molar-refractivity contribution in [3.8, 4) is 0 Å². The molecule has 2 aliphatic rings. The average Bonchev–Trinajstić information content (AvgIpc) is 3.34. The highest BCUT2D eigenvalue weighted by atomic mass is 32.1. The summed E-state index contributed by atoms with van der Waals surface area (Å²) < 4.78 is 10.3. The molecule has 0 radical (unpaired) electrons. The zero-order valence-electron chi connectivity index (χ0n) is 16.8. The van der Waals surface area contributed by atoms with Gasteiger partial charge in [-0.2, -0.15) is 0 Å². The lowest BCUT2D eigenvalue weighted by Crippen LogP contribution is -2.23. The maximum atomic E-state index is 12.3. The molecule has 1 aromatic heterocycles. The Kier molecular flexibility index (Phi) is 6.75. The third-order valence-corrected chi connectivity index (χ3v) is 7.04. The number of hydrogen-bond donors (Lipinski definition) is 1. The summed E-state index contributed by atoms with van der Waals surface area (Å²) in [5, 5.41) is 3.18. The summed E-state index contributed by atoms with van der Waals surface area (Å²) in [5.41, 5.74) is 1.29. The van der Waals surface area contributed by atoms with Crippen LogP contribution in [0.25, 0.3) is 0 Å². The smallest absolute Gasteiger partial charge is 0.341 e. The highest BCUT2D eigenvalue weighted by molar-refractivity contribution is 7.16. The van der Waals surface area contributed by atoms with E-state index in [0.717, 1.165) is 22.8 Å². The number of ether oxygens (including phenoxy) is 2. The molecule has 1 amide bonds. The van der Waals surface area contributed by atoms with Crippen LogP contribution in [0.5, 0.6) is 0 Å². The van der Waals surface area contributed by atoms with Gasteiger partial charge in [0, 0.05) is 11.3 Å². The molecule has 3 atom stereocenters. The van der Waals surface area contributed by atoms with E-state index in [1.807, 2.05) is 13.8 Å². The SMILES string of the molecule is CCOC(=O)c1c(NC(=O)COC(=O)C[C@H]2C[C@@H]3CC[C@@H]2C3)sc(C)c1CC. The minimum Gasteiger partial charge on any atom is -0.462 e. The normalized spacial score (nSPS) is 22.9. The van der Waals surface area contributed by atoms with Crippen LogP contribution < -0.4 is 5.32 Å². The summed E-state index contributed by atoms with van der Waals surface area (Å²) in [7, 11) is 0. The van der Waals surface area contributed by atoms with Crippen molar-refractivity contribution in [2.45, 2.75) is 59.3 Å². The van der Waals surface area contributed by atoms with Crippen LogP contribution in [0.15, 0.2) is 0 Å². The van der Waals surface area contributed by atoms with Gasteiger partial charge in [0.15, 0.2) is 6.61 Å². The molecular formula is C21H29NO5S. The van der Waals surface area contributed by atoms with Crippen molar-refractivity contribution in [3.63, 3.8) is 0 Å². The molecule has 154 valence electrons. The number of aryl methyl sites for hydroxylation is 1. The molecule has 2 aliphatic carbocycles. The average molecular weight is 408 g/mol.